The lowest BCUT2D eigenvalue weighted by atomic mass is 9.80. The molecule has 1 aromatic carbocycles. The van der Waals surface area contributed by atoms with E-state index >= 15 is 0 Å². The summed E-state index contributed by atoms with van der Waals surface area (Å²) in [6, 6.07) is 10.5. The van der Waals surface area contributed by atoms with Crippen LogP contribution < -0.4 is 5.32 Å². The van der Waals surface area contributed by atoms with Crippen LogP contribution in [0.25, 0.3) is 0 Å². The number of ether oxygens (including phenoxy) is 1. The highest BCUT2D eigenvalue weighted by atomic mass is 16.5. The summed E-state index contributed by atoms with van der Waals surface area (Å²) >= 11 is 0. The molecule has 2 aliphatic rings. The molecule has 3 atom stereocenters. The van der Waals surface area contributed by atoms with Gasteiger partial charge in [0.1, 0.15) is 0 Å². The Morgan fingerprint density at radius 1 is 1.22 bits per heavy atom. The fourth-order valence-corrected chi connectivity index (χ4v) is 3.20. The summed E-state index contributed by atoms with van der Waals surface area (Å²) in [7, 11) is 0. The third-order valence-corrected chi connectivity index (χ3v) is 4.13. The third kappa shape index (κ3) is 2.27. The predicted octanol–water partition coefficient (Wildman–Crippen LogP) is 2.29. The van der Waals surface area contributed by atoms with Crippen LogP contribution in [0.15, 0.2) is 30.3 Å². The van der Waals surface area contributed by atoms with Gasteiger partial charge in [-0.15, -0.1) is 0 Å². The minimum absolute atomic E-state index is 0.172. The summed E-state index contributed by atoms with van der Waals surface area (Å²) in [6.07, 6.45) is 2.95. The number of carbonyl (C=O) groups is 1. The lowest BCUT2D eigenvalue weighted by molar-refractivity contribution is -0.119. The number of hydrogen-bond donors (Lipinski definition) is 1. The van der Waals surface area contributed by atoms with Gasteiger partial charge in [-0.25, -0.2) is 0 Å². The first-order valence-corrected chi connectivity index (χ1v) is 6.76. The van der Waals surface area contributed by atoms with E-state index in [1.54, 1.807) is 0 Å². The summed E-state index contributed by atoms with van der Waals surface area (Å²) in [5.74, 6) is 1.09. The summed E-state index contributed by atoms with van der Waals surface area (Å²) in [6.45, 7) is 1.68. The van der Waals surface area contributed by atoms with E-state index in [1.165, 1.54) is 12.0 Å². The second-order valence-corrected chi connectivity index (χ2v) is 5.30. The van der Waals surface area contributed by atoms with Crippen LogP contribution in [0.4, 0.5) is 0 Å². The van der Waals surface area contributed by atoms with Crippen LogP contribution >= 0.6 is 0 Å². The average Bonchev–Trinajstić information content (AvgIpc) is 2.83. The topological polar surface area (TPSA) is 38.3 Å². The van der Waals surface area contributed by atoms with E-state index < -0.39 is 0 Å². The predicted molar refractivity (Wildman–Crippen MR) is 69.0 cm³/mol. The van der Waals surface area contributed by atoms with Gasteiger partial charge in [0.05, 0.1) is 6.04 Å². The SMILES string of the molecule is O=C1CC(C2CCCOC2)C(c2ccccc2)N1. The molecular formula is C15H19NO2. The zero-order valence-corrected chi connectivity index (χ0v) is 10.5. The van der Waals surface area contributed by atoms with Crippen LogP contribution in [0.2, 0.25) is 0 Å². The zero-order chi connectivity index (χ0) is 12.4. The second-order valence-electron chi connectivity index (χ2n) is 5.30. The summed E-state index contributed by atoms with van der Waals surface area (Å²) in [5, 5.41) is 3.12. The lowest BCUT2D eigenvalue weighted by Gasteiger charge is -2.30. The molecule has 1 N–H and O–H groups in total. The van der Waals surface area contributed by atoms with Gasteiger partial charge in [0.2, 0.25) is 5.91 Å². The Morgan fingerprint density at radius 2 is 2.06 bits per heavy atom. The van der Waals surface area contributed by atoms with Crippen molar-refractivity contribution < 1.29 is 9.53 Å². The quantitative estimate of drug-likeness (QED) is 0.868. The van der Waals surface area contributed by atoms with Crippen LogP contribution in [0.3, 0.4) is 0 Å². The Kier molecular flexibility index (Phi) is 3.33. The van der Waals surface area contributed by atoms with Crippen molar-refractivity contribution in [2.24, 2.45) is 11.8 Å². The fourth-order valence-electron chi connectivity index (χ4n) is 3.20. The van der Waals surface area contributed by atoms with Gasteiger partial charge in [0.25, 0.3) is 0 Å². The second kappa shape index (κ2) is 5.11. The van der Waals surface area contributed by atoms with Crippen LogP contribution in [-0.4, -0.2) is 19.1 Å². The van der Waals surface area contributed by atoms with Crippen molar-refractivity contribution in [2.75, 3.05) is 13.2 Å². The van der Waals surface area contributed by atoms with Gasteiger partial charge in [-0.3, -0.25) is 4.79 Å². The number of hydrogen-bond acceptors (Lipinski definition) is 2. The highest BCUT2D eigenvalue weighted by molar-refractivity contribution is 5.79. The molecule has 3 nitrogen and oxygen atoms in total. The number of amides is 1. The van der Waals surface area contributed by atoms with Crippen LogP contribution in [0.5, 0.6) is 0 Å². The molecule has 3 rings (SSSR count). The number of rotatable bonds is 2. The Hall–Kier alpha value is -1.35. The first kappa shape index (κ1) is 11.7. The van der Waals surface area contributed by atoms with Crippen molar-refractivity contribution in [2.45, 2.75) is 25.3 Å². The van der Waals surface area contributed by atoms with E-state index in [1.807, 2.05) is 18.2 Å². The number of carbonyl (C=O) groups excluding carboxylic acids is 1. The Morgan fingerprint density at radius 3 is 2.78 bits per heavy atom. The van der Waals surface area contributed by atoms with E-state index in [9.17, 15) is 4.79 Å². The first-order valence-electron chi connectivity index (χ1n) is 6.76. The molecule has 2 fully saturated rings. The largest absolute Gasteiger partial charge is 0.381 e. The molecule has 0 saturated carbocycles. The zero-order valence-electron chi connectivity index (χ0n) is 10.5. The van der Waals surface area contributed by atoms with Crippen LogP contribution in [-0.2, 0) is 9.53 Å². The monoisotopic (exact) mass is 245 g/mol. The smallest absolute Gasteiger partial charge is 0.220 e. The molecule has 0 aliphatic carbocycles. The van der Waals surface area contributed by atoms with Crippen molar-refractivity contribution in [1.29, 1.82) is 0 Å². The normalized spacial score (nSPS) is 32.2. The Balaban J connectivity index is 1.81. The summed E-state index contributed by atoms with van der Waals surface area (Å²) in [4.78, 5) is 11.7. The molecular weight excluding hydrogens is 226 g/mol. The number of benzene rings is 1. The van der Waals surface area contributed by atoms with E-state index in [0.29, 0.717) is 18.3 Å². The molecule has 0 spiro atoms. The molecule has 96 valence electrons. The van der Waals surface area contributed by atoms with E-state index in [-0.39, 0.29) is 11.9 Å². The molecule has 0 bridgehead atoms. The molecule has 0 radical (unpaired) electrons. The maximum absolute atomic E-state index is 11.7. The summed E-state index contributed by atoms with van der Waals surface area (Å²) in [5.41, 5.74) is 1.22. The van der Waals surface area contributed by atoms with Crippen LogP contribution in [0, 0.1) is 11.8 Å². The molecule has 3 heteroatoms. The van der Waals surface area contributed by atoms with Gasteiger partial charge in [-0.2, -0.15) is 0 Å². The number of nitrogens with one attached hydrogen (secondary N) is 1. The minimum atomic E-state index is 0.172. The molecule has 2 heterocycles. The molecule has 0 aromatic heterocycles. The van der Waals surface area contributed by atoms with Crippen molar-refractivity contribution in [3.05, 3.63) is 35.9 Å². The fraction of sp³-hybridized carbons (Fsp3) is 0.533. The maximum Gasteiger partial charge on any atom is 0.220 e. The van der Waals surface area contributed by atoms with Gasteiger partial charge in [0, 0.05) is 19.6 Å². The van der Waals surface area contributed by atoms with Crippen molar-refractivity contribution >= 4 is 5.91 Å². The third-order valence-electron chi connectivity index (χ3n) is 4.13. The van der Waals surface area contributed by atoms with E-state index in [0.717, 1.165) is 19.6 Å². The molecule has 2 saturated heterocycles. The summed E-state index contributed by atoms with van der Waals surface area (Å²) < 4.78 is 5.57. The highest BCUT2D eigenvalue weighted by Gasteiger charge is 2.39. The average molecular weight is 245 g/mol. The van der Waals surface area contributed by atoms with E-state index in [2.05, 4.69) is 17.4 Å². The van der Waals surface area contributed by atoms with Crippen molar-refractivity contribution in [3.8, 4) is 0 Å². The Labute approximate surface area is 108 Å². The molecule has 3 unspecified atom stereocenters. The van der Waals surface area contributed by atoms with Crippen molar-refractivity contribution in [3.63, 3.8) is 0 Å². The van der Waals surface area contributed by atoms with Gasteiger partial charge in [0.15, 0.2) is 0 Å². The molecule has 2 aliphatic heterocycles. The van der Waals surface area contributed by atoms with Gasteiger partial charge in [-0.1, -0.05) is 30.3 Å². The van der Waals surface area contributed by atoms with Gasteiger partial charge >= 0.3 is 0 Å². The van der Waals surface area contributed by atoms with E-state index in [4.69, 9.17) is 4.74 Å². The molecule has 1 aromatic rings. The highest BCUT2D eigenvalue weighted by Crippen LogP contribution is 2.38. The van der Waals surface area contributed by atoms with Crippen LogP contribution in [0.1, 0.15) is 30.9 Å². The Bertz CT molecular complexity index is 412. The first-order chi connectivity index (χ1) is 8.84. The van der Waals surface area contributed by atoms with Gasteiger partial charge < -0.3 is 10.1 Å². The minimum Gasteiger partial charge on any atom is -0.381 e. The van der Waals surface area contributed by atoms with Gasteiger partial charge in [-0.05, 0) is 30.2 Å². The standard InChI is InChI=1S/C15H19NO2/c17-14-9-13(12-7-4-8-18-10-12)15(16-14)11-5-2-1-3-6-11/h1-3,5-6,12-13,15H,4,7-10H2,(H,16,17). The molecule has 18 heavy (non-hydrogen) atoms. The molecule has 1 amide bonds. The lowest BCUT2D eigenvalue weighted by Crippen LogP contribution is -2.29. The van der Waals surface area contributed by atoms with Crippen molar-refractivity contribution in [1.82, 2.24) is 5.32 Å². The maximum atomic E-state index is 11.7.